The lowest BCUT2D eigenvalue weighted by Gasteiger charge is -2.32. The average Bonchev–Trinajstić information content (AvgIpc) is 2.94. The zero-order valence-electron chi connectivity index (χ0n) is 13.4. The van der Waals surface area contributed by atoms with Gasteiger partial charge in [0.05, 0.1) is 26.3 Å². The molecule has 0 bridgehead atoms. The standard InChI is InChI=1S/C16H20FN3O4/c1-11(21)18-8-14-9-20(16(22)24-14)13-4-2-3-12(7-13)19-5-6-23-10-15(19)17/h2-4,7,14-15H,5-6,8-10H2,1H3,(H,18,21)/t14-,15+/m0/s1. The van der Waals surface area contributed by atoms with Gasteiger partial charge in [-0.2, -0.15) is 0 Å². The molecule has 0 aliphatic carbocycles. The summed E-state index contributed by atoms with van der Waals surface area (Å²) in [5, 5.41) is 2.63. The molecule has 2 aliphatic heterocycles. The largest absolute Gasteiger partial charge is 0.442 e. The Morgan fingerprint density at radius 3 is 2.96 bits per heavy atom. The third-order valence-corrected chi connectivity index (χ3v) is 4.00. The fraction of sp³-hybridized carbons (Fsp3) is 0.500. The lowest BCUT2D eigenvalue weighted by Crippen LogP contribution is -2.43. The topological polar surface area (TPSA) is 71.1 Å². The van der Waals surface area contributed by atoms with Gasteiger partial charge in [0.25, 0.3) is 0 Å². The number of hydrogen-bond acceptors (Lipinski definition) is 5. The van der Waals surface area contributed by atoms with Crippen LogP contribution in [0.3, 0.4) is 0 Å². The average molecular weight is 337 g/mol. The molecule has 2 amide bonds. The van der Waals surface area contributed by atoms with Gasteiger partial charge in [-0.15, -0.1) is 0 Å². The number of ether oxygens (including phenoxy) is 2. The monoisotopic (exact) mass is 337 g/mol. The number of rotatable bonds is 4. The molecule has 7 nitrogen and oxygen atoms in total. The van der Waals surface area contributed by atoms with Gasteiger partial charge in [-0.3, -0.25) is 9.69 Å². The molecule has 1 aromatic carbocycles. The number of carbonyl (C=O) groups is 2. The van der Waals surface area contributed by atoms with E-state index in [1.54, 1.807) is 29.2 Å². The molecule has 8 heteroatoms. The first kappa shape index (κ1) is 16.5. The molecule has 0 aromatic heterocycles. The van der Waals surface area contributed by atoms with Gasteiger partial charge in [-0.25, -0.2) is 9.18 Å². The molecule has 0 radical (unpaired) electrons. The molecular formula is C16H20FN3O4. The van der Waals surface area contributed by atoms with Crippen LogP contribution in [0, 0.1) is 0 Å². The number of hydrogen-bond donors (Lipinski definition) is 1. The molecule has 0 saturated carbocycles. The summed E-state index contributed by atoms with van der Waals surface area (Å²) in [4.78, 5) is 26.1. The van der Waals surface area contributed by atoms with E-state index >= 15 is 0 Å². The second-order valence-electron chi connectivity index (χ2n) is 5.78. The number of carbonyl (C=O) groups excluding carboxylic acids is 2. The number of nitrogens with zero attached hydrogens (tertiary/aromatic N) is 2. The van der Waals surface area contributed by atoms with Crippen LogP contribution >= 0.6 is 0 Å². The van der Waals surface area contributed by atoms with Crippen LogP contribution in [-0.4, -0.2) is 57.2 Å². The third kappa shape index (κ3) is 3.59. The van der Waals surface area contributed by atoms with Crippen molar-refractivity contribution < 1.29 is 23.5 Å². The Kier molecular flexibility index (Phi) is 4.84. The Morgan fingerprint density at radius 2 is 2.21 bits per heavy atom. The van der Waals surface area contributed by atoms with Crippen LogP contribution in [-0.2, 0) is 14.3 Å². The van der Waals surface area contributed by atoms with Crippen molar-refractivity contribution in [2.45, 2.75) is 19.3 Å². The summed E-state index contributed by atoms with van der Waals surface area (Å²) in [5.41, 5.74) is 1.34. The van der Waals surface area contributed by atoms with Crippen molar-refractivity contribution in [3.05, 3.63) is 24.3 Å². The van der Waals surface area contributed by atoms with Crippen LogP contribution in [0.5, 0.6) is 0 Å². The van der Waals surface area contributed by atoms with E-state index in [0.717, 1.165) is 0 Å². The zero-order chi connectivity index (χ0) is 17.1. The Balaban J connectivity index is 1.71. The first-order valence-corrected chi connectivity index (χ1v) is 7.85. The summed E-state index contributed by atoms with van der Waals surface area (Å²) in [6.45, 7) is 2.98. The van der Waals surface area contributed by atoms with Crippen molar-refractivity contribution >= 4 is 23.4 Å². The number of halogens is 1. The van der Waals surface area contributed by atoms with E-state index in [2.05, 4.69) is 5.32 Å². The van der Waals surface area contributed by atoms with Crippen LogP contribution in [0.15, 0.2) is 24.3 Å². The van der Waals surface area contributed by atoms with Gasteiger partial charge in [-0.1, -0.05) is 6.07 Å². The van der Waals surface area contributed by atoms with Crippen molar-refractivity contribution in [1.29, 1.82) is 0 Å². The highest BCUT2D eigenvalue weighted by molar-refractivity contribution is 5.90. The summed E-state index contributed by atoms with van der Waals surface area (Å²) < 4.78 is 24.4. The predicted molar refractivity (Wildman–Crippen MR) is 85.8 cm³/mol. The number of nitrogens with one attached hydrogen (secondary N) is 1. The summed E-state index contributed by atoms with van der Waals surface area (Å²) in [6.07, 6.45) is -2.07. The first-order valence-electron chi connectivity index (χ1n) is 7.85. The molecule has 2 saturated heterocycles. The van der Waals surface area contributed by atoms with Gasteiger partial charge in [0, 0.05) is 24.8 Å². The van der Waals surface area contributed by atoms with E-state index in [0.29, 0.717) is 31.1 Å². The number of cyclic esters (lactones) is 1. The van der Waals surface area contributed by atoms with Gasteiger partial charge in [0.2, 0.25) is 5.91 Å². The van der Waals surface area contributed by atoms with E-state index in [9.17, 15) is 14.0 Å². The van der Waals surface area contributed by atoms with Gasteiger partial charge in [-0.05, 0) is 18.2 Å². The molecule has 1 aromatic rings. The highest BCUT2D eigenvalue weighted by Crippen LogP contribution is 2.28. The van der Waals surface area contributed by atoms with Crippen LogP contribution in [0.1, 0.15) is 6.92 Å². The number of amides is 2. The molecule has 0 unspecified atom stereocenters. The molecular weight excluding hydrogens is 317 g/mol. The maximum Gasteiger partial charge on any atom is 0.414 e. The maximum absolute atomic E-state index is 14.0. The first-order chi connectivity index (χ1) is 11.5. The normalized spacial score (nSPS) is 24.0. The van der Waals surface area contributed by atoms with Crippen LogP contribution in [0.25, 0.3) is 0 Å². The van der Waals surface area contributed by atoms with E-state index in [1.807, 2.05) is 0 Å². The molecule has 130 valence electrons. The SMILES string of the molecule is CC(=O)NC[C@H]1CN(c2cccc(N3CCOC[C@@H]3F)c2)C(=O)O1. The van der Waals surface area contributed by atoms with Crippen LogP contribution in [0.4, 0.5) is 20.6 Å². The van der Waals surface area contributed by atoms with Crippen molar-refractivity contribution in [3.63, 3.8) is 0 Å². The molecule has 1 N–H and O–H groups in total. The molecule has 2 heterocycles. The summed E-state index contributed by atoms with van der Waals surface area (Å²) in [7, 11) is 0. The summed E-state index contributed by atoms with van der Waals surface area (Å²) in [5.74, 6) is -0.173. The minimum Gasteiger partial charge on any atom is -0.442 e. The minimum atomic E-state index is -1.20. The Morgan fingerprint density at radius 1 is 1.42 bits per heavy atom. The smallest absolute Gasteiger partial charge is 0.414 e. The van der Waals surface area contributed by atoms with Crippen molar-refractivity contribution in [1.82, 2.24) is 5.32 Å². The number of morpholine rings is 1. The minimum absolute atomic E-state index is 0.0365. The van der Waals surface area contributed by atoms with Gasteiger partial charge in [0.15, 0.2) is 6.30 Å². The maximum atomic E-state index is 14.0. The Bertz CT molecular complexity index is 627. The fourth-order valence-electron chi connectivity index (χ4n) is 2.80. The van der Waals surface area contributed by atoms with E-state index in [-0.39, 0.29) is 19.1 Å². The lowest BCUT2D eigenvalue weighted by molar-refractivity contribution is -0.119. The van der Waals surface area contributed by atoms with Crippen LogP contribution < -0.4 is 15.1 Å². The van der Waals surface area contributed by atoms with E-state index in [4.69, 9.17) is 9.47 Å². The van der Waals surface area contributed by atoms with Crippen molar-refractivity contribution in [3.8, 4) is 0 Å². The van der Waals surface area contributed by atoms with Crippen molar-refractivity contribution in [2.24, 2.45) is 0 Å². The second-order valence-corrected chi connectivity index (χ2v) is 5.78. The Labute approximate surface area is 139 Å². The molecule has 2 fully saturated rings. The highest BCUT2D eigenvalue weighted by atomic mass is 19.1. The molecule has 24 heavy (non-hydrogen) atoms. The third-order valence-electron chi connectivity index (χ3n) is 4.00. The summed E-state index contributed by atoms with van der Waals surface area (Å²) in [6, 6.07) is 7.12. The second kappa shape index (κ2) is 7.04. The van der Waals surface area contributed by atoms with Gasteiger partial charge < -0.3 is 19.7 Å². The van der Waals surface area contributed by atoms with Gasteiger partial charge in [0.1, 0.15) is 6.10 Å². The lowest BCUT2D eigenvalue weighted by atomic mass is 10.2. The number of anilines is 2. The Hall–Kier alpha value is -2.35. The number of benzene rings is 1. The molecule has 3 rings (SSSR count). The van der Waals surface area contributed by atoms with E-state index < -0.39 is 18.5 Å². The predicted octanol–water partition coefficient (Wildman–Crippen LogP) is 1.28. The van der Waals surface area contributed by atoms with E-state index in [1.165, 1.54) is 11.8 Å². The molecule has 2 atom stereocenters. The number of alkyl halides is 1. The zero-order valence-corrected chi connectivity index (χ0v) is 13.4. The van der Waals surface area contributed by atoms with Crippen LogP contribution in [0.2, 0.25) is 0 Å². The molecule has 0 spiro atoms. The summed E-state index contributed by atoms with van der Waals surface area (Å²) >= 11 is 0. The van der Waals surface area contributed by atoms with Gasteiger partial charge >= 0.3 is 6.09 Å². The van der Waals surface area contributed by atoms with Crippen molar-refractivity contribution in [2.75, 3.05) is 42.6 Å². The highest BCUT2D eigenvalue weighted by Gasteiger charge is 2.33. The molecule has 2 aliphatic rings. The fourth-order valence-corrected chi connectivity index (χ4v) is 2.80. The quantitative estimate of drug-likeness (QED) is 0.838.